The Bertz CT molecular complexity index is 674. The summed E-state index contributed by atoms with van der Waals surface area (Å²) in [5.41, 5.74) is 2.58. The Balaban J connectivity index is 2.33. The minimum Gasteiger partial charge on any atom is -0.495 e. The fourth-order valence-corrected chi connectivity index (χ4v) is 2.06. The maximum atomic E-state index is 12.4. The highest BCUT2D eigenvalue weighted by atomic mass is 35.5. The first kappa shape index (κ1) is 15.1. The molecule has 0 atom stereocenters. The lowest BCUT2D eigenvalue weighted by Gasteiger charge is -2.13. The van der Waals surface area contributed by atoms with Gasteiger partial charge in [-0.15, -0.1) is 0 Å². The average Bonchev–Trinajstić information content (AvgIpc) is 2.50. The van der Waals surface area contributed by atoms with Gasteiger partial charge < -0.3 is 15.4 Å². The first-order chi connectivity index (χ1) is 10.1. The van der Waals surface area contributed by atoms with Crippen molar-refractivity contribution in [2.75, 3.05) is 24.8 Å². The van der Waals surface area contributed by atoms with Gasteiger partial charge in [0.25, 0.3) is 5.91 Å². The van der Waals surface area contributed by atoms with E-state index in [2.05, 4.69) is 15.6 Å². The summed E-state index contributed by atoms with van der Waals surface area (Å²) in [5.74, 6) is 0.265. The zero-order chi connectivity index (χ0) is 15.4. The number of methoxy groups -OCH3 is 1. The summed E-state index contributed by atoms with van der Waals surface area (Å²) in [7, 11) is 3.27. The van der Waals surface area contributed by atoms with Crippen molar-refractivity contribution < 1.29 is 9.53 Å². The molecule has 5 nitrogen and oxygen atoms in total. The van der Waals surface area contributed by atoms with Crippen LogP contribution in [0.1, 0.15) is 15.9 Å². The summed E-state index contributed by atoms with van der Waals surface area (Å²) in [5, 5.41) is 6.35. The predicted molar refractivity (Wildman–Crippen MR) is 84.5 cm³/mol. The Morgan fingerprint density at radius 2 is 2.10 bits per heavy atom. The molecule has 110 valence electrons. The first-order valence-corrected chi connectivity index (χ1v) is 6.72. The molecule has 0 fully saturated rings. The van der Waals surface area contributed by atoms with E-state index >= 15 is 0 Å². The fraction of sp³-hybridized carbons (Fsp3) is 0.200. The summed E-state index contributed by atoms with van der Waals surface area (Å²) >= 11 is 6.05. The van der Waals surface area contributed by atoms with Crippen molar-refractivity contribution in [3.8, 4) is 5.75 Å². The topological polar surface area (TPSA) is 63.2 Å². The molecule has 0 aliphatic rings. The molecule has 1 amide bonds. The minimum absolute atomic E-state index is 0.248. The number of halogens is 1. The molecule has 2 aromatic rings. The van der Waals surface area contributed by atoms with Crippen molar-refractivity contribution in [1.29, 1.82) is 0 Å². The van der Waals surface area contributed by atoms with Crippen LogP contribution in [0.25, 0.3) is 0 Å². The number of aromatic nitrogens is 1. The molecule has 6 heteroatoms. The molecule has 0 saturated carbocycles. The molecule has 1 aromatic carbocycles. The molecule has 0 bridgehead atoms. The number of rotatable bonds is 4. The number of hydrogen-bond acceptors (Lipinski definition) is 4. The Labute approximate surface area is 128 Å². The second kappa shape index (κ2) is 6.45. The van der Waals surface area contributed by atoms with Crippen LogP contribution in [0.5, 0.6) is 5.75 Å². The van der Waals surface area contributed by atoms with Gasteiger partial charge in [0.2, 0.25) is 0 Å². The van der Waals surface area contributed by atoms with Gasteiger partial charge in [-0.05, 0) is 24.6 Å². The van der Waals surface area contributed by atoms with Crippen LogP contribution in [0.3, 0.4) is 0 Å². The summed E-state index contributed by atoms with van der Waals surface area (Å²) in [6.07, 6.45) is 3.17. The van der Waals surface area contributed by atoms with E-state index in [9.17, 15) is 4.79 Å². The van der Waals surface area contributed by atoms with Crippen molar-refractivity contribution in [2.24, 2.45) is 0 Å². The zero-order valence-electron chi connectivity index (χ0n) is 12.0. The SMILES string of the molecule is CNc1cnccc1C(=O)Nc1cc(C)c(Cl)cc1OC. The van der Waals surface area contributed by atoms with Crippen molar-refractivity contribution in [2.45, 2.75) is 6.92 Å². The van der Waals surface area contributed by atoms with Crippen molar-refractivity contribution >= 4 is 28.9 Å². The van der Waals surface area contributed by atoms with Gasteiger partial charge in [-0.1, -0.05) is 11.6 Å². The van der Waals surface area contributed by atoms with Gasteiger partial charge in [-0.2, -0.15) is 0 Å². The molecule has 0 aliphatic heterocycles. The number of anilines is 2. The van der Waals surface area contributed by atoms with E-state index in [0.29, 0.717) is 27.7 Å². The number of hydrogen-bond donors (Lipinski definition) is 2. The van der Waals surface area contributed by atoms with Gasteiger partial charge in [0.05, 0.1) is 30.2 Å². The van der Waals surface area contributed by atoms with E-state index in [1.165, 1.54) is 7.11 Å². The summed E-state index contributed by atoms with van der Waals surface area (Å²) in [6.45, 7) is 1.86. The molecule has 1 heterocycles. The second-order valence-electron chi connectivity index (χ2n) is 4.43. The van der Waals surface area contributed by atoms with E-state index in [1.807, 2.05) is 6.92 Å². The molecule has 1 aromatic heterocycles. The molecule has 0 spiro atoms. The third kappa shape index (κ3) is 3.25. The van der Waals surface area contributed by atoms with Crippen LogP contribution < -0.4 is 15.4 Å². The van der Waals surface area contributed by atoms with Crippen molar-refractivity contribution in [3.63, 3.8) is 0 Å². The number of ether oxygens (including phenoxy) is 1. The van der Waals surface area contributed by atoms with Crippen LogP contribution in [0, 0.1) is 6.92 Å². The van der Waals surface area contributed by atoms with Gasteiger partial charge in [-0.3, -0.25) is 9.78 Å². The van der Waals surface area contributed by atoms with Gasteiger partial charge in [0.1, 0.15) is 5.75 Å². The third-order valence-corrected chi connectivity index (χ3v) is 3.47. The van der Waals surface area contributed by atoms with Crippen molar-refractivity contribution in [3.05, 3.63) is 46.7 Å². The van der Waals surface area contributed by atoms with Crippen molar-refractivity contribution in [1.82, 2.24) is 4.98 Å². The monoisotopic (exact) mass is 305 g/mol. The highest BCUT2D eigenvalue weighted by Crippen LogP contribution is 2.31. The predicted octanol–water partition coefficient (Wildman–Crippen LogP) is 3.35. The Hall–Kier alpha value is -2.27. The van der Waals surface area contributed by atoms with Gasteiger partial charge in [0.15, 0.2) is 0 Å². The maximum Gasteiger partial charge on any atom is 0.257 e. The normalized spacial score (nSPS) is 10.1. The number of nitrogens with zero attached hydrogens (tertiary/aromatic N) is 1. The molecule has 2 N–H and O–H groups in total. The molecule has 21 heavy (non-hydrogen) atoms. The molecular formula is C15H16ClN3O2. The number of benzene rings is 1. The van der Waals surface area contributed by atoms with Gasteiger partial charge >= 0.3 is 0 Å². The van der Waals surface area contributed by atoms with Crippen LogP contribution in [-0.2, 0) is 0 Å². The van der Waals surface area contributed by atoms with Crippen LogP contribution in [0.2, 0.25) is 5.02 Å². The molecule has 0 saturated heterocycles. The van der Waals surface area contributed by atoms with E-state index in [1.54, 1.807) is 37.6 Å². The fourth-order valence-electron chi connectivity index (χ4n) is 1.91. The molecular weight excluding hydrogens is 290 g/mol. The summed E-state index contributed by atoms with van der Waals surface area (Å²) < 4.78 is 5.25. The number of carbonyl (C=O) groups is 1. The Kier molecular flexibility index (Phi) is 4.65. The van der Waals surface area contributed by atoms with E-state index < -0.39 is 0 Å². The van der Waals surface area contributed by atoms with E-state index in [-0.39, 0.29) is 5.91 Å². The Morgan fingerprint density at radius 1 is 1.33 bits per heavy atom. The maximum absolute atomic E-state index is 12.4. The number of nitrogens with one attached hydrogen (secondary N) is 2. The number of aryl methyl sites for hydroxylation is 1. The zero-order valence-corrected chi connectivity index (χ0v) is 12.8. The molecule has 0 aliphatic carbocycles. The molecule has 0 unspecified atom stereocenters. The molecule has 0 radical (unpaired) electrons. The quantitative estimate of drug-likeness (QED) is 0.909. The first-order valence-electron chi connectivity index (χ1n) is 6.34. The second-order valence-corrected chi connectivity index (χ2v) is 4.83. The third-order valence-electron chi connectivity index (χ3n) is 3.06. The van der Waals surface area contributed by atoms with Crippen LogP contribution in [0.4, 0.5) is 11.4 Å². The van der Waals surface area contributed by atoms with E-state index in [4.69, 9.17) is 16.3 Å². The average molecular weight is 306 g/mol. The Morgan fingerprint density at radius 3 is 2.76 bits per heavy atom. The number of pyridine rings is 1. The highest BCUT2D eigenvalue weighted by Gasteiger charge is 2.14. The standard InChI is InChI=1S/C15H16ClN3O2/c1-9-6-12(14(21-3)7-11(9)16)19-15(20)10-4-5-18-8-13(10)17-2/h4-8,17H,1-3H3,(H,19,20). The lowest BCUT2D eigenvalue weighted by atomic mass is 10.1. The highest BCUT2D eigenvalue weighted by molar-refractivity contribution is 6.31. The number of carbonyl (C=O) groups excluding carboxylic acids is 1. The van der Waals surface area contributed by atoms with Crippen LogP contribution >= 0.6 is 11.6 Å². The smallest absolute Gasteiger partial charge is 0.257 e. The largest absolute Gasteiger partial charge is 0.495 e. The number of amides is 1. The summed E-state index contributed by atoms with van der Waals surface area (Å²) in [6, 6.07) is 5.10. The molecule has 2 rings (SSSR count). The lowest BCUT2D eigenvalue weighted by molar-refractivity contribution is 0.102. The van der Waals surface area contributed by atoms with Gasteiger partial charge in [-0.25, -0.2) is 0 Å². The lowest BCUT2D eigenvalue weighted by Crippen LogP contribution is -2.15. The van der Waals surface area contributed by atoms with E-state index in [0.717, 1.165) is 5.56 Å². The minimum atomic E-state index is -0.248. The van der Waals surface area contributed by atoms with Crippen LogP contribution in [0.15, 0.2) is 30.6 Å². The summed E-state index contributed by atoms with van der Waals surface area (Å²) in [4.78, 5) is 16.4. The van der Waals surface area contributed by atoms with Gasteiger partial charge in [0, 0.05) is 24.3 Å². The van der Waals surface area contributed by atoms with Crippen LogP contribution in [-0.4, -0.2) is 25.0 Å².